The first-order valence-electron chi connectivity index (χ1n) is 12.0. The van der Waals surface area contributed by atoms with Crippen molar-refractivity contribution in [3.8, 4) is 17.3 Å². The summed E-state index contributed by atoms with van der Waals surface area (Å²) in [6.45, 7) is 2.16. The summed E-state index contributed by atoms with van der Waals surface area (Å²) >= 11 is 0. The van der Waals surface area contributed by atoms with Gasteiger partial charge < -0.3 is 14.4 Å². The number of aryl methyl sites for hydroxylation is 1. The molecule has 6 rings (SSSR count). The van der Waals surface area contributed by atoms with E-state index in [0.29, 0.717) is 36.5 Å². The fourth-order valence-corrected chi connectivity index (χ4v) is 5.33. The minimum Gasteiger partial charge on any atom is -0.472 e. The van der Waals surface area contributed by atoms with Crippen molar-refractivity contribution in [2.45, 2.75) is 50.6 Å². The molecule has 1 amide bonds. The van der Waals surface area contributed by atoms with E-state index in [0.717, 1.165) is 18.7 Å². The Morgan fingerprint density at radius 1 is 1.11 bits per heavy atom. The van der Waals surface area contributed by atoms with E-state index < -0.39 is 17.8 Å². The third-order valence-electron chi connectivity index (χ3n) is 7.01. The molecule has 194 valence electrons. The van der Waals surface area contributed by atoms with E-state index in [1.807, 2.05) is 6.92 Å². The fourth-order valence-electron chi connectivity index (χ4n) is 5.33. The van der Waals surface area contributed by atoms with Crippen LogP contribution in [0.15, 0.2) is 48.9 Å². The van der Waals surface area contributed by atoms with Crippen LogP contribution in [-0.4, -0.2) is 62.6 Å². The lowest BCUT2D eigenvalue weighted by atomic mass is 9.72. The summed E-state index contributed by atoms with van der Waals surface area (Å²) in [5.41, 5.74) is 0.598. The zero-order valence-corrected chi connectivity index (χ0v) is 20.4. The Morgan fingerprint density at radius 2 is 1.89 bits per heavy atom. The number of alkyl halides is 3. The van der Waals surface area contributed by atoms with Gasteiger partial charge in [-0.3, -0.25) is 4.79 Å². The third-order valence-corrected chi connectivity index (χ3v) is 7.01. The minimum atomic E-state index is -4.48. The van der Waals surface area contributed by atoms with Crippen molar-refractivity contribution in [2.75, 3.05) is 13.7 Å². The first-order valence-corrected chi connectivity index (χ1v) is 12.0. The average Bonchev–Trinajstić information content (AvgIpc) is 2.89. The highest BCUT2D eigenvalue weighted by molar-refractivity contribution is 5.98. The first-order chi connectivity index (χ1) is 17.8. The summed E-state index contributed by atoms with van der Waals surface area (Å²) in [5.74, 6) is 0.296. The Kier molecular flexibility index (Phi) is 6.80. The van der Waals surface area contributed by atoms with E-state index in [1.165, 1.54) is 6.07 Å². The molecular formula is C26H26F3N5O3. The minimum absolute atomic E-state index is 0.0910. The number of hydrogen-bond acceptors (Lipinski definition) is 7. The van der Waals surface area contributed by atoms with Crippen LogP contribution >= 0.6 is 0 Å². The summed E-state index contributed by atoms with van der Waals surface area (Å²) in [6, 6.07) is 6.94. The third kappa shape index (κ3) is 5.00. The van der Waals surface area contributed by atoms with Crippen LogP contribution < -0.4 is 4.74 Å². The van der Waals surface area contributed by atoms with Crippen molar-refractivity contribution in [3.05, 3.63) is 65.9 Å². The van der Waals surface area contributed by atoms with Crippen molar-refractivity contribution < 1.29 is 27.4 Å². The second-order valence-electron chi connectivity index (χ2n) is 9.34. The van der Waals surface area contributed by atoms with Crippen molar-refractivity contribution in [1.82, 2.24) is 24.8 Å². The van der Waals surface area contributed by atoms with Gasteiger partial charge in [0.05, 0.1) is 29.8 Å². The Labute approximate surface area is 211 Å². The van der Waals surface area contributed by atoms with Crippen LogP contribution in [0.2, 0.25) is 0 Å². The van der Waals surface area contributed by atoms with Gasteiger partial charge in [-0.15, -0.1) is 0 Å². The zero-order valence-electron chi connectivity index (χ0n) is 20.4. The average molecular weight is 514 g/mol. The van der Waals surface area contributed by atoms with E-state index in [1.54, 1.807) is 42.6 Å². The van der Waals surface area contributed by atoms with Gasteiger partial charge >= 0.3 is 6.18 Å². The van der Waals surface area contributed by atoms with Crippen LogP contribution in [0.1, 0.15) is 41.0 Å². The normalized spacial score (nSPS) is 23.2. The first kappa shape index (κ1) is 25.1. The molecule has 4 atom stereocenters. The lowest BCUT2D eigenvalue weighted by molar-refractivity contribution is -0.137. The molecule has 2 bridgehead atoms. The molecule has 2 saturated heterocycles. The lowest BCUT2D eigenvalue weighted by Crippen LogP contribution is -2.65. The standard InChI is InChI=1S/C26H26F3N5O3/c1-15-4-7-18(24-30-10-3-11-31-24)23(33-15)25(35)34-19-8-5-16(20(34)14-36-2)12-21(19)37-22-9-6-17(13-32-22)26(27,28)29/h3-4,6-7,9-11,13,16,19-21H,5,8,12,14H2,1-2H3/t16-,19+,20-,21-/m1/s1. The summed E-state index contributed by atoms with van der Waals surface area (Å²) in [5, 5.41) is 0. The van der Waals surface area contributed by atoms with E-state index in [-0.39, 0.29) is 35.5 Å². The van der Waals surface area contributed by atoms with E-state index >= 15 is 0 Å². The molecule has 37 heavy (non-hydrogen) atoms. The molecule has 3 aliphatic rings. The number of carbonyl (C=O) groups excluding carboxylic acids is 1. The van der Waals surface area contributed by atoms with Gasteiger partial charge in [0.25, 0.3) is 5.91 Å². The predicted molar refractivity (Wildman–Crippen MR) is 127 cm³/mol. The van der Waals surface area contributed by atoms with Gasteiger partial charge in [-0.25, -0.2) is 19.9 Å². The number of ether oxygens (including phenoxy) is 2. The van der Waals surface area contributed by atoms with Gasteiger partial charge in [0, 0.05) is 37.5 Å². The molecule has 0 unspecified atom stereocenters. The molecule has 0 aromatic carbocycles. The van der Waals surface area contributed by atoms with Crippen molar-refractivity contribution in [1.29, 1.82) is 0 Å². The number of piperidine rings is 2. The quantitative estimate of drug-likeness (QED) is 0.484. The lowest BCUT2D eigenvalue weighted by Gasteiger charge is -2.54. The van der Waals surface area contributed by atoms with Gasteiger partial charge in [0.15, 0.2) is 5.82 Å². The number of fused-ring (bicyclic) bond motifs is 3. The molecule has 3 fully saturated rings. The van der Waals surface area contributed by atoms with Gasteiger partial charge in [-0.05, 0) is 56.4 Å². The summed E-state index contributed by atoms with van der Waals surface area (Å²) in [7, 11) is 1.60. The van der Waals surface area contributed by atoms with Crippen LogP contribution in [0.5, 0.6) is 5.88 Å². The smallest absolute Gasteiger partial charge is 0.417 e. The molecule has 1 aliphatic carbocycles. The number of pyridine rings is 2. The molecule has 0 spiro atoms. The molecule has 3 aromatic rings. The van der Waals surface area contributed by atoms with Crippen LogP contribution in [-0.2, 0) is 10.9 Å². The highest BCUT2D eigenvalue weighted by atomic mass is 19.4. The summed E-state index contributed by atoms with van der Waals surface area (Å²) in [4.78, 5) is 33.0. The maximum absolute atomic E-state index is 14.1. The second-order valence-corrected chi connectivity index (χ2v) is 9.34. The number of methoxy groups -OCH3 is 1. The Morgan fingerprint density at radius 3 is 2.57 bits per heavy atom. The summed E-state index contributed by atoms with van der Waals surface area (Å²) in [6.07, 6.45) is 1.27. The Balaban J connectivity index is 1.47. The zero-order chi connectivity index (χ0) is 26.2. The molecule has 5 heterocycles. The van der Waals surface area contributed by atoms with E-state index in [9.17, 15) is 18.0 Å². The molecular weight excluding hydrogens is 487 g/mol. The maximum Gasteiger partial charge on any atom is 0.417 e. The molecule has 11 heteroatoms. The van der Waals surface area contributed by atoms with Crippen LogP contribution in [0.4, 0.5) is 13.2 Å². The molecule has 0 N–H and O–H groups in total. The van der Waals surface area contributed by atoms with Crippen LogP contribution in [0, 0.1) is 12.8 Å². The number of amides is 1. The monoisotopic (exact) mass is 513 g/mol. The largest absolute Gasteiger partial charge is 0.472 e. The second kappa shape index (κ2) is 10.0. The number of nitrogens with zero attached hydrogens (tertiary/aromatic N) is 5. The SMILES string of the molecule is COC[C@@H]1[C@@H]2CC[C@@H]([C@H](Oc3ccc(C(F)(F)F)cn3)C2)N1C(=O)c1nc(C)ccc1-c1ncccn1. The van der Waals surface area contributed by atoms with Gasteiger partial charge in [0.1, 0.15) is 11.8 Å². The van der Waals surface area contributed by atoms with Crippen molar-refractivity contribution in [2.24, 2.45) is 5.92 Å². The van der Waals surface area contributed by atoms with E-state index in [4.69, 9.17) is 9.47 Å². The van der Waals surface area contributed by atoms with E-state index in [2.05, 4.69) is 19.9 Å². The van der Waals surface area contributed by atoms with Crippen molar-refractivity contribution >= 4 is 5.91 Å². The van der Waals surface area contributed by atoms with Gasteiger partial charge in [-0.2, -0.15) is 13.2 Å². The Bertz CT molecular complexity index is 1260. The molecule has 1 saturated carbocycles. The highest BCUT2D eigenvalue weighted by Crippen LogP contribution is 2.42. The number of rotatable bonds is 6. The number of carbonyl (C=O) groups is 1. The molecule has 8 nitrogen and oxygen atoms in total. The molecule has 2 aliphatic heterocycles. The molecule has 3 aromatic heterocycles. The van der Waals surface area contributed by atoms with Gasteiger partial charge in [0.2, 0.25) is 5.88 Å². The number of hydrogen-bond donors (Lipinski definition) is 0. The predicted octanol–water partition coefficient (Wildman–Crippen LogP) is 4.35. The topological polar surface area (TPSA) is 90.3 Å². The number of halogens is 3. The Hall–Kier alpha value is -3.60. The highest BCUT2D eigenvalue weighted by Gasteiger charge is 2.51. The van der Waals surface area contributed by atoms with Gasteiger partial charge in [-0.1, -0.05) is 0 Å². The van der Waals surface area contributed by atoms with Crippen LogP contribution in [0.3, 0.4) is 0 Å². The van der Waals surface area contributed by atoms with Crippen LogP contribution in [0.25, 0.3) is 11.4 Å². The summed E-state index contributed by atoms with van der Waals surface area (Å²) < 4.78 is 50.4. The number of aromatic nitrogens is 4. The molecule has 0 radical (unpaired) electrons. The van der Waals surface area contributed by atoms with Crippen molar-refractivity contribution in [3.63, 3.8) is 0 Å². The maximum atomic E-state index is 14.1. The fraction of sp³-hybridized carbons (Fsp3) is 0.423.